The zero-order valence-corrected chi connectivity index (χ0v) is 8.66. The van der Waals surface area contributed by atoms with Gasteiger partial charge in [0.25, 0.3) is 0 Å². The van der Waals surface area contributed by atoms with E-state index in [-0.39, 0.29) is 11.9 Å². The van der Waals surface area contributed by atoms with Gasteiger partial charge in [0, 0.05) is 25.7 Å². The Balaban J connectivity index is 1.73. The van der Waals surface area contributed by atoms with E-state index < -0.39 is 0 Å². The minimum Gasteiger partial charge on any atom is -0.469 e. The number of piperidine rings is 1. The van der Waals surface area contributed by atoms with Gasteiger partial charge in [0.15, 0.2) is 0 Å². The zero-order valence-electron chi connectivity index (χ0n) is 8.66. The average molecular weight is 198 g/mol. The SMILES string of the molecule is COC(=O)C1CN(C2CCCNC2)C1. The van der Waals surface area contributed by atoms with Crippen LogP contribution >= 0.6 is 0 Å². The monoisotopic (exact) mass is 198 g/mol. The van der Waals surface area contributed by atoms with Gasteiger partial charge in [0.1, 0.15) is 0 Å². The van der Waals surface area contributed by atoms with E-state index in [0.717, 1.165) is 26.2 Å². The molecule has 14 heavy (non-hydrogen) atoms. The maximum Gasteiger partial charge on any atom is 0.311 e. The van der Waals surface area contributed by atoms with Gasteiger partial charge < -0.3 is 10.1 Å². The molecule has 2 saturated heterocycles. The third-order valence-corrected chi connectivity index (χ3v) is 3.23. The van der Waals surface area contributed by atoms with Gasteiger partial charge in [0.2, 0.25) is 0 Å². The molecule has 2 fully saturated rings. The van der Waals surface area contributed by atoms with Crippen molar-refractivity contribution < 1.29 is 9.53 Å². The van der Waals surface area contributed by atoms with Crippen LogP contribution in [0.2, 0.25) is 0 Å². The number of carbonyl (C=O) groups excluding carboxylic acids is 1. The van der Waals surface area contributed by atoms with Crippen molar-refractivity contribution in [2.24, 2.45) is 5.92 Å². The second kappa shape index (κ2) is 4.28. The van der Waals surface area contributed by atoms with Crippen LogP contribution in [0.1, 0.15) is 12.8 Å². The highest BCUT2D eigenvalue weighted by molar-refractivity contribution is 5.73. The fourth-order valence-electron chi connectivity index (χ4n) is 2.27. The number of hydrogen-bond acceptors (Lipinski definition) is 4. The van der Waals surface area contributed by atoms with Crippen LogP contribution in [0.15, 0.2) is 0 Å². The highest BCUT2D eigenvalue weighted by atomic mass is 16.5. The Hall–Kier alpha value is -0.610. The average Bonchev–Trinajstić information content (AvgIpc) is 2.17. The van der Waals surface area contributed by atoms with E-state index in [1.807, 2.05) is 0 Å². The van der Waals surface area contributed by atoms with Gasteiger partial charge in [-0.2, -0.15) is 0 Å². The van der Waals surface area contributed by atoms with Gasteiger partial charge in [-0.15, -0.1) is 0 Å². The number of ether oxygens (including phenoxy) is 1. The summed E-state index contributed by atoms with van der Waals surface area (Å²) in [7, 11) is 1.47. The number of esters is 1. The Bertz CT molecular complexity index is 208. The lowest BCUT2D eigenvalue weighted by Gasteiger charge is -2.44. The normalized spacial score (nSPS) is 29.6. The molecule has 0 spiro atoms. The summed E-state index contributed by atoms with van der Waals surface area (Å²) in [5.41, 5.74) is 0. The molecule has 4 nitrogen and oxygen atoms in total. The standard InChI is InChI=1S/C10H18N2O2/c1-14-10(13)8-6-12(7-8)9-3-2-4-11-5-9/h8-9,11H,2-7H2,1H3. The lowest BCUT2D eigenvalue weighted by atomic mass is 9.94. The summed E-state index contributed by atoms with van der Waals surface area (Å²) in [4.78, 5) is 13.5. The Morgan fingerprint density at radius 1 is 1.50 bits per heavy atom. The van der Waals surface area contributed by atoms with Crippen LogP contribution in [0, 0.1) is 5.92 Å². The molecule has 0 radical (unpaired) electrons. The van der Waals surface area contributed by atoms with E-state index in [1.54, 1.807) is 0 Å². The fourth-order valence-corrected chi connectivity index (χ4v) is 2.27. The molecule has 1 unspecified atom stereocenters. The Kier molecular flexibility index (Phi) is 3.03. The van der Waals surface area contributed by atoms with Gasteiger partial charge in [-0.1, -0.05) is 0 Å². The lowest BCUT2D eigenvalue weighted by Crippen LogP contribution is -2.58. The van der Waals surface area contributed by atoms with E-state index >= 15 is 0 Å². The first kappa shape index (κ1) is 9.93. The summed E-state index contributed by atoms with van der Waals surface area (Å²) in [6, 6.07) is 0.643. The van der Waals surface area contributed by atoms with Crippen LogP contribution in [-0.4, -0.2) is 50.2 Å². The van der Waals surface area contributed by atoms with Crippen molar-refractivity contribution in [3.63, 3.8) is 0 Å². The zero-order chi connectivity index (χ0) is 9.97. The molecule has 2 aliphatic heterocycles. The first-order valence-corrected chi connectivity index (χ1v) is 5.34. The van der Waals surface area contributed by atoms with Gasteiger partial charge in [-0.25, -0.2) is 0 Å². The van der Waals surface area contributed by atoms with Crippen LogP contribution in [0.3, 0.4) is 0 Å². The summed E-state index contributed by atoms with van der Waals surface area (Å²) in [5, 5.41) is 3.38. The van der Waals surface area contributed by atoms with Crippen molar-refractivity contribution in [1.82, 2.24) is 10.2 Å². The predicted octanol–water partition coefficient (Wildman–Crippen LogP) is -0.157. The summed E-state index contributed by atoms with van der Waals surface area (Å²) < 4.78 is 4.71. The smallest absolute Gasteiger partial charge is 0.311 e. The maximum absolute atomic E-state index is 11.2. The van der Waals surface area contributed by atoms with E-state index in [1.165, 1.54) is 20.0 Å². The third kappa shape index (κ3) is 1.91. The molecule has 0 amide bonds. The highest BCUT2D eigenvalue weighted by Gasteiger charge is 2.37. The lowest BCUT2D eigenvalue weighted by molar-refractivity contribution is -0.152. The summed E-state index contributed by atoms with van der Waals surface area (Å²) in [5.74, 6) is 0.0759. The Labute approximate surface area is 84.6 Å². The molecule has 0 saturated carbocycles. The van der Waals surface area contributed by atoms with Gasteiger partial charge in [-0.3, -0.25) is 9.69 Å². The van der Waals surface area contributed by atoms with Gasteiger partial charge in [-0.05, 0) is 19.4 Å². The second-order valence-corrected chi connectivity index (χ2v) is 4.17. The van der Waals surface area contributed by atoms with Crippen LogP contribution in [0.4, 0.5) is 0 Å². The third-order valence-electron chi connectivity index (χ3n) is 3.23. The quantitative estimate of drug-likeness (QED) is 0.626. The molecule has 1 atom stereocenters. The Morgan fingerprint density at radius 2 is 2.29 bits per heavy atom. The molecule has 0 bridgehead atoms. The number of methoxy groups -OCH3 is 1. The van der Waals surface area contributed by atoms with Crippen LogP contribution in [-0.2, 0) is 9.53 Å². The molecule has 2 heterocycles. The fraction of sp³-hybridized carbons (Fsp3) is 0.900. The number of nitrogens with one attached hydrogen (secondary N) is 1. The van der Waals surface area contributed by atoms with E-state index in [4.69, 9.17) is 4.74 Å². The predicted molar refractivity (Wildman–Crippen MR) is 53.0 cm³/mol. The van der Waals surface area contributed by atoms with Crippen molar-refractivity contribution in [3.8, 4) is 0 Å². The molecule has 80 valence electrons. The largest absolute Gasteiger partial charge is 0.469 e. The molecular formula is C10H18N2O2. The molecule has 0 aliphatic carbocycles. The minimum atomic E-state index is -0.0509. The Morgan fingerprint density at radius 3 is 2.86 bits per heavy atom. The van der Waals surface area contributed by atoms with E-state index in [2.05, 4.69) is 10.2 Å². The number of likely N-dealkylation sites (tertiary alicyclic amines) is 1. The topological polar surface area (TPSA) is 41.6 Å². The summed E-state index contributed by atoms with van der Waals surface area (Å²) >= 11 is 0. The first-order valence-electron chi connectivity index (χ1n) is 5.34. The molecule has 2 aliphatic rings. The maximum atomic E-state index is 11.2. The molecule has 1 N–H and O–H groups in total. The second-order valence-electron chi connectivity index (χ2n) is 4.17. The molecular weight excluding hydrogens is 180 g/mol. The van der Waals surface area contributed by atoms with Crippen LogP contribution < -0.4 is 5.32 Å². The van der Waals surface area contributed by atoms with Crippen LogP contribution in [0.5, 0.6) is 0 Å². The molecule has 2 rings (SSSR count). The molecule has 0 aromatic carbocycles. The van der Waals surface area contributed by atoms with Crippen LogP contribution in [0.25, 0.3) is 0 Å². The number of rotatable bonds is 2. The molecule has 0 aromatic heterocycles. The number of nitrogens with zero attached hydrogens (tertiary/aromatic N) is 1. The van der Waals surface area contributed by atoms with E-state index in [9.17, 15) is 4.79 Å². The first-order chi connectivity index (χ1) is 6.81. The summed E-state index contributed by atoms with van der Waals surface area (Å²) in [6.45, 7) is 4.00. The molecule has 0 aromatic rings. The van der Waals surface area contributed by atoms with E-state index in [0.29, 0.717) is 6.04 Å². The van der Waals surface area contributed by atoms with Gasteiger partial charge in [0.05, 0.1) is 13.0 Å². The number of hydrogen-bond donors (Lipinski definition) is 1. The summed E-state index contributed by atoms with van der Waals surface area (Å²) in [6.07, 6.45) is 2.52. The number of carbonyl (C=O) groups is 1. The highest BCUT2D eigenvalue weighted by Crippen LogP contribution is 2.22. The minimum absolute atomic E-state index is 0.0509. The van der Waals surface area contributed by atoms with Crippen molar-refractivity contribution in [1.29, 1.82) is 0 Å². The van der Waals surface area contributed by atoms with Crippen molar-refractivity contribution in [3.05, 3.63) is 0 Å². The molecule has 4 heteroatoms. The van der Waals surface area contributed by atoms with Crippen molar-refractivity contribution >= 4 is 5.97 Å². The van der Waals surface area contributed by atoms with Gasteiger partial charge >= 0.3 is 5.97 Å². The van der Waals surface area contributed by atoms with Crippen molar-refractivity contribution in [2.45, 2.75) is 18.9 Å². The van der Waals surface area contributed by atoms with Crippen molar-refractivity contribution in [2.75, 3.05) is 33.3 Å².